The molecule has 1 aliphatic heterocycles. The summed E-state index contributed by atoms with van der Waals surface area (Å²) in [4.78, 5) is 13.8. The van der Waals surface area contributed by atoms with E-state index in [0.29, 0.717) is 35.8 Å². The molecule has 2 rings (SSSR count). The number of carbonyl (C=O) groups excluding carboxylic acids is 1. The molecule has 0 atom stereocenters. The summed E-state index contributed by atoms with van der Waals surface area (Å²) < 4.78 is 25.9. The Labute approximate surface area is 155 Å². The van der Waals surface area contributed by atoms with Gasteiger partial charge in [-0.15, -0.1) is 0 Å². The van der Waals surface area contributed by atoms with Gasteiger partial charge in [0, 0.05) is 12.1 Å². The lowest BCUT2D eigenvalue weighted by molar-refractivity contribution is -0.895. The molecule has 0 bridgehead atoms. The predicted octanol–water partition coefficient (Wildman–Crippen LogP) is 0.925. The van der Waals surface area contributed by atoms with Gasteiger partial charge in [0.15, 0.2) is 0 Å². The fourth-order valence-electron chi connectivity index (χ4n) is 2.96. The van der Waals surface area contributed by atoms with Crippen LogP contribution in [0.1, 0.15) is 37.0 Å². The molecule has 0 spiro atoms. The van der Waals surface area contributed by atoms with E-state index in [-0.39, 0.29) is 11.7 Å². The lowest BCUT2D eigenvalue weighted by Gasteiger charge is -2.29. The van der Waals surface area contributed by atoms with E-state index in [0.717, 1.165) is 26.1 Å². The van der Waals surface area contributed by atoms with Gasteiger partial charge in [-0.3, -0.25) is 9.10 Å². The van der Waals surface area contributed by atoms with Crippen LogP contribution in [0, 0.1) is 0 Å². The maximum atomic E-state index is 12.4. The Kier molecular flexibility index (Phi) is 7.10. The lowest BCUT2D eigenvalue weighted by Crippen LogP contribution is -3.12. The molecule has 2 N–H and O–H groups in total. The average molecular weight is 389 g/mol. The second kappa shape index (κ2) is 8.87. The molecule has 140 valence electrons. The highest BCUT2D eigenvalue weighted by molar-refractivity contribution is 7.92. The smallest absolute Gasteiger partial charge is 0.251 e. The minimum absolute atomic E-state index is 0.117. The van der Waals surface area contributed by atoms with Gasteiger partial charge in [0.1, 0.15) is 0 Å². The van der Waals surface area contributed by atoms with Crippen LogP contribution in [0.4, 0.5) is 5.69 Å². The SMILES string of the molecule is CC[NH+](CC)CCNC(=O)c1ccc(Cl)c(N2CCCCS2(=O)=O)c1. The molecule has 6 nitrogen and oxygen atoms in total. The van der Waals surface area contributed by atoms with Crippen molar-refractivity contribution in [1.82, 2.24) is 5.32 Å². The fraction of sp³-hybridized carbons (Fsp3) is 0.588. The van der Waals surface area contributed by atoms with Crippen LogP contribution in [-0.4, -0.2) is 52.8 Å². The van der Waals surface area contributed by atoms with Gasteiger partial charge < -0.3 is 10.2 Å². The maximum Gasteiger partial charge on any atom is 0.251 e. The van der Waals surface area contributed by atoms with Gasteiger partial charge in [0.2, 0.25) is 10.0 Å². The zero-order chi connectivity index (χ0) is 18.4. The first kappa shape index (κ1) is 20.0. The lowest BCUT2D eigenvalue weighted by atomic mass is 10.1. The third-order valence-electron chi connectivity index (χ3n) is 4.59. The molecule has 1 aliphatic rings. The van der Waals surface area contributed by atoms with Crippen molar-refractivity contribution < 1.29 is 18.1 Å². The number of anilines is 1. The van der Waals surface area contributed by atoms with Crippen molar-refractivity contribution in [2.45, 2.75) is 26.7 Å². The molecule has 1 aromatic rings. The fourth-order valence-corrected chi connectivity index (χ4v) is 4.88. The van der Waals surface area contributed by atoms with Crippen LogP contribution in [0.3, 0.4) is 0 Å². The molecular weight excluding hydrogens is 362 g/mol. The number of likely N-dealkylation sites (N-methyl/N-ethyl adjacent to an activating group) is 1. The normalized spacial score (nSPS) is 16.9. The van der Waals surface area contributed by atoms with Gasteiger partial charge in [-0.2, -0.15) is 0 Å². The quantitative estimate of drug-likeness (QED) is 0.729. The third kappa shape index (κ3) is 5.09. The van der Waals surface area contributed by atoms with Crippen molar-refractivity contribution in [2.24, 2.45) is 0 Å². The van der Waals surface area contributed by atoms with E-state index >= 15 is 0 Å². The number of halogens is 1. The molecule has 0 aromatic heterocycles. The molecule has 1 amide bonds. The molecule has 0 unspecified atom stereocenters. The number of hydrogen-bond donors (Lipinski definition) is 2. The molecule has 0 saturated carbocycles. The van der Waals surface area contributed by atoms with Crippen molar-refractivity contribution >= 4 is 33.2 Å². The van der Waals surface area contributed by atoms with Crippen LogP contribution >= 0.6 is 11.6 Å². The summed E-state index contributed by atoms with van der Waals surface area (Å²) >= 11 is 6.20. The summed E-state index contributed by atoms with van der Waals surface area (Å²) in [6.45, 7) is 8.11. The van der Waals surface area contributed by atoms with Crippen LogP contribution in [0.15, 0.2) is 18.2 Å². The standard InChI is InChI=1S/C17H26ClN3O3S/c1-3-20(4-2)11-9-19-17(22)14-7-8-15(18)16(13-14)21-10-5-6-12-25(21,23)24/h7-8,13H,3-6,9-12H2,1-2H3,(H,19,22)/p+1. The molecule has 8 heteroatoms. The number of quaternary nitrogens is 1. The van der Waals surface area contributed by atoms with Gasteiger partial charge in [-0.25, -0.2) is 8.42 Å². The van der Waals surface area contributed by atoms with E-state index in [4.69, 9.17) is 11.6 Å². The van der Waals surface area contributed by atoms with Gasteiger partial charge in [0.25, 0.3) is 5.91 Å². The largest absolute Gasteiger partial charge is 0.346 e. The van der Waals surface area contributed by atoms with E-state index in [1.54, 1.807) is 18.2 Å². The number of nitrogens with one attached hydrogen (secondary N) is 2. The Bertz CT molecular complexity index is 705. The second-order valence-electron chi connectivity index (χ2n) is 6.22. The van der Waals surface area contributed by atoms with Gasteiger partial charge >= 0.3 is 0 Å². The highest BCUT2D eigenvalue weighted by Crippen LogP contribution is 2.31. The van der Waals surface area contributed by atoms with Gasteiger partial charge in [-0.1, -0.05) is 11.6 Å². The predicted molar refractivity (Wildman–Crippen MR) is 101 cm³/mol. The Morgan fingerprint density at radius 3 is 2.64 bits per heavy atom. The number of hydrogen-bond acceptors (Lipinski definition) is 3. The first-order valence-electron chi connectivity index (χ1n) is 8.80. The Morgan fingerprint density at radius 2 is 2.00 bits per heavy atom. The topological polar surface area (TPSA) is 70.9 Å². The van der Waals surface area contributed by atoms with Crippen LogP contribution < -0.4 is 14.5 Å². The van der Waals surface area contributed by atoms with Gasteiger partial charge in [0.05, 0.1) is 42.6 Å². The Balaban J connectivity index is 2.11. The molecule has 1 fully saturated rings. The number of rotatable bonds is 7. The van der Waals surface area contributed by atoms with Crippen LogP contribution in [-0.2, 0) is 10.0 Å². The molecular formula is C17H27ClN3O3S+. The maximum absolute atomic E-state index is 12.4. The summed E-state index contributed by atoms with van der Waals surface area (Å²) in [5.74, 6) is -0.0919. The number of benzene rings is 1. The Morgan fingerprint density at radius 1 is 1.28 bits per heavy atom. The summed E-state index contributed by atoms with van der Waals surface area (Å²) in [6, 6.07) is 4.79. The number of sulfonamides is 1. The number of carbonyl (C=O) groups is 1. The number of nitrogens with zero attached hydrogens (tertiary/aromatic N) is 1. The zero-order valence-electron chi connectivity index (χ0n) is 14.8. The Hall–Kier alpha value is -1.31. The van der Waals surface area contributed by atoms with E-state index in [1.165, 1.54) is 9.21 Å². The average Bonchev–Trinajstić information content (AvgIpc) is 2.59. The van der Waals surface area contributed by atoms with E-state index in [2.05, 4.69) is 19.2 Å². The third-order valence-corrected chi connectivity index (χ3v) is 6.77. The van der Waals surface area contributed by atoms with Crippen LogP contribution in [0.2, 0.25) is 5.02 Å². The monoisotopic (exact) mass is 388 g/mol. The molecule has 25 heavy (non-hydrogen) atoms. The summed E-state index contributed by atoms with van der Waals surface area (Å²) in [6.07, 6.45) is 1.45. The van der Waals surface area contributed by atoms with Crippen molar-refractivity contribution in [3.63, 3.8) is 0 Å². The van der Waals surface area contributed by atoms with Gasteiger partial charge in [-0.05, 0) is 44.9 Å². The van der Waals surface area contributed by atoms with Crippen molar-refractivity contribution in [1.29, 1.82) is 0 Å². The molecule has 1 saturated heterocycles. The zero-order valence-corrected chi connectivity index (χ0v) is 16.4. The van der Waals surface area contributed by atoms with Crippen molar-refractivity contribution in [3.05, 3.63) is 28.8 Å². The first-order valence-corrected chi connectivity index (χ1v) is 10.8. The van der Waals surface area contributed by atoms with E-state index < -0.39 is 10.0 Å². The summed E-state index contributed by atoms with van der Waals surface area (Å²) in [5, 5.41) is 3.24. The molecule has 1 heterocycles. The second-order valence-corrected chi connectivity index (χ2v) is 8.64. The summed E-state index contributed by atoms with van der Waals surface area (Å²) in [7, 11) is -3.36. The minimum atomic E-state index is -3.36. The van der Waals surface area contributed by atoms with Crippen LogP contribution in [0.25, 0.3) is 0 Å². The number of amides is 1. The molecule has 1 aromatic carbocycles. The highest BCUT2D eigenvalue weighted by atomic mass is 35.5. The van der Waals surface area contributed by atoms with E-state index in [1.807, 2.05) is 0 Å². The van der Waals surface area contributed by atoms with Crippen molar-refractivity contribution in [2.75, 3.05) is 42.8 Å². The molecule has 0 radical (unpaired) electrons. The first-order chi connectivity index (χ1) is 11.9. The minimum Gasteiger partial charge on any atom is -0.346 e. The highest BCUT2D eigenvalue weighted by Gasteiger charge is 2.28. The molecule has 0 aliphatic carbocycles. The van der Waals surface area contributed by atoms with Crippen molar-refractivity contribution in [3.8, 4) is 0 Å². The summed E-state index contributed by atoms with van der Waals surface area (Å²) in [5.41, 5.74) is 0.818. The van der Waals surface area contributed by atoms with Crippen LogP contribution in [0.5, 0.6) is 0 Å². The van der Waals surface area contributed by atoms with E-state index in [9.17, 15) is 13.2 Å².